The molecule has 1 aromatic rings. The monoisotopic (exact) mass is 247 g/mol. The minimum atomic E-state index is -0.789. The minimum absolute atomic E-state index is 0.0153. The first-order valence-corrected chi connectivity index (χ1v) is 5.48. The van der Waals surface area contributed by atoms with Crippen LogP contribution >= 0.6 is 0 Å². The molecular formula is C12H13N3O3. The number of rotatable bonds is 2. The summed E-state index contributed by atoms with van der Waals surface area (Å²) in [4.78, 5) is 34.2. The van der Waals surface area contributed by atoms with Crippen molar-refractivity contribution in [2.45, 2.75) is 19.4 Å². The Kier molecular flexibility index (Phi) is 3.01. The SMILES string of the molecule is Cc1cc(C(=O)NC2CC(=O)NC2=O)ccc1N. The highest BCUT2D eigenvalue weighted by Crippen LogP contribution is 2.13. The number of imide groups is 1. The molecule has 4 N–H and O–H groups in total. The maximum Gasteiger partial charge on any atom is 0.251 e. The zero-order valence-electron chi connectivity index (χ0n) is 9.82. The zero-order valence-corrected chi connectivity index (χ0v) is 9.82. The van der Waals surface area contributed by atoms with Gasteiger partial charge in [-0.15, -0.1) is 0 Å². The van der Waals surface area contributed by atoms with Crippen molar-refractivity contribution >= 4 is 23.4 Å². The molecule has 1 saturated heterocycles. The average molecular weight is 247 g/mol. The standard InChI is InChI=1S/C12H13N3O3/c1-6-4-7(2-3-8(6)13)11(17)14-9-5-10(16)15-12(9)18/h2-4,9H,5,13H2,1H3,(H,14,17)(H,15,16,18). The quantitative estimate of drug-likeness (QED) is 0.494. The van der Waals surface area contributed by atoms with Crippen LogP contribution in [-0.2, 0) is 9.59 Å². The largest absolute Gasteiger partial charge is 0.399 e. The van der Waals surface area contributed by atoms with Crippen LogP contribution in [0.15, 0.2) is 18.2 Å². The molecule has 1 aliphatic heterocycles. The molecule has 6 heteroatoms. The molecule has 1 aromatic carbocycles. The molecule has 1 unspecified atom stereocenters. The molecule has 0 saturated carbocycles. The number of carbonyl (C=O) groups excluding carboxylic acids is 3. The molecule has 1 heterocycles. The van der Waals surface area contributed by atoms with Crippen LogP contribution in [0.4, 0.5) is 5.69 Å². The number of benzene rings is 1. The molecule has 18 heavy (non-hydrogen) atoms. The van der Waals surface area contributed by atoms with Gasteiger partial charge in [-0.05, 0) is 30.7 Å². The molecule has 0 spiro atoms. The second kappa shape index (κ2) is 4.48. The summed E-state index contributed by atoms with van der Waals surface area (Å²) in [6.45, 7) is 1.79. The molecule has 0 aromatic heterocycles. The second-order valence-electron chi connectivity index (χ2n) is 4.21. The maximum absolute atomic E-state index is 11.9. The van der Waals surface area contributed by atoms with Gasteiger partial charge in [-0.25, -0.2) is 0 Å². The van der Waals surface area contributed by atoms with Crippen LogP contribution in [0.25, 0.3) is 0 Å². The third-order valence-electron chi connectivity index (χ3n) is 2.81. The lowest BCUT2D eigenvalue weighted by atomic mass is 10.1. The Hall–Kier alpha value is -2.37. The Morgan fingerprint density at radius 3 is 2.72 bits per heavy atom. The highest BCUT2D eigenvalue weighted by Gasteiger charge is 2.31. The normalized spacial score (nSPS) is 18.6. The van der Waals surface area contributed by atoms with Crippen molar-refractivity contribution in [3.63, 3.8) is 0 Å². The van der Waals surface area contributed by atoms with Gasteiger partial charge < -0.3 is 11.1 Å². The molecule has 1 atom stereocenters. The van der Waals surface area contributed by atoms with Gasteiger partial charge in [0, 0.05) is 11.3 Å². The van der Waals surface area contributed by atoms with Crippen LogP contribution in [-0.4, -0.2) is 23.8 Å². The van der Waals surface area contributed by atoms with Gasteiger partial charge in [0.15, 0.2) is 0 Å². The highest BCUT2D eigenvalue weighted by molar-refractivity contribution is 6.08. The molecule has 0 bridgehead atoms. The van der Waals surface area contributed by atoms with E-state index in [0.29, 0.717) is 11.3 Å². The lowest BCUT2D eigenvalue weighted by Crippen LogP contribution is -2.40. The van der Waals surface area contributed by atoms with E-state index in [2.05, 4.69) is 10.6 Å². The number of nitrogens with two attached hydrogens (primary N) is 1. The van der Waals surface area contributed by atoms with Gasteiger partial charge in [0.05, 0.1) is 6.42 Å². The van der Waals surface area contributed by atoms with Crippen molar-refractivity contribution in [1.29, 1.82) is 0 Å². The summed E-state index contributed by atoms with van der Waals surface area (Å²) in [5.41, 5.74) is 7.45. The van der Waals surface area contributed by atoms with E-state index in [1.54, 1.807) is 25.1 Å². The summed E-state index contributed by atoms with van der Waals surface area (Å²) in [5.74, 6) is -1.24. The van der Waals surface area contributed by atoms with Crippen LogP contribution in [0.3, 0.4) is 0 Å². The van der Waals surface area contributed by atoms with Crippen LogP contribution in [0.1, 0.15) is 22.3 Å². The Labute approximate surface area is 104 Å². The number of hydrogen-bond donors (Lipinski definition) is 3. The topological polar surface area (TPSA) is 101 Å². The fourth-order valence-corrected chi connectivity index (χ4v) is 1.73. The van der Waals surface area contributed by atoms with Gasteiger partial charge in [-0.1, -0.05) is 0 Å². The summed E-state index contributed by atoms with van der Waals surface area (Å²) in [5, 5.41) is 4.64. The zero-order chi connectivity index (χ0) is 13.3. The number of carbonyl (C=O) groups is 3. The van der Waals surface area contributed by atoms with Crippen LogP contribution in [0, 0.1) is 6.92 Å². The molecular weight excluding hydrogens is 234 g/mol. The average Bonchev–Trinajstić information content (AvgIpc) is 2.61. The van der Waals surface area contributed by atoms with E-state index in [0.717, 1.165) is 5.56 Å². The van der Waals surface area contributed by atoms with Crippen LogP contribution < -0.4 is 16.4 Å². The lowest BCUT2D eigenvalue weighted by molar-refractivity contribution is -0.125. The lowest BCUT2D eigenvalue weighted by Gasteiger charge is -2.10. The van der Waals surface area contributed by atoms with E-state index in [1.807, 2.05) is 0 Å². The van der Waals surface area contributed by atoms with Gasteiger partial charge in [-0.3, -0.25) is 19.7 Å². The molecule has 0 radical (unpaired) electrons. The molecule has 94 valence electrons. The van der Waals surface area contributed by atoms with E-state index in [4.69, 9.17) is 5.73 Å². The van der Waals surface area contributed by atoms with Crippen molar-refractivity contribution in [2.75, 3.05) is 5.73 Å². The van der Waals surface area contributed by atoms with E-state index in [1.165, 1.54) is 0 Å². The molecule has 2 rings (SSSR count). The smallest absolute Gasteiger partial charge is 0.251 e. The molecule has 3 amide bonds. The van der Waals surface area contributed by atoms with Gasteiger partial charge in [0.2, 0.25) is 11.8 Å². The van der Waals surface area contributed by atoms with Crippen LogP contribution in [0.5, 0.6) is 0 Å². The minimum Gasteiger partial charge on any atom is -0.399 e. The third-order valence-corrected chi connectivity index (χ3v) is 2.81. The van der Waals surface area contributed by atoms with E-state index in [9.17, 15) is 14.4 Å². The Morgan fingerprint density at radius 2 is 2.17 bits per heavy atom. The van der Waals surface area contributed by atoms with E-state index < -0.39 is 17.9 Å². The van der Waals surface area contributed by atoms with Gasteiger partial charge in [0.25, 0.3) is 5.91 Å². The summed E-state index contributed by atoms with van der Waals surface area (Å²) >= 11 is 0. The van der Waals surface area contributed by atoms with Crippen molar-refractivity contribution in [1.82, 2.24) is 10.6 Å². The summed E-state index contributed by atoms with van der Waals surface area (Å²) in [6, 6.07) is 4.05. The molecule has 1 aliphatic rings. The highest BCUT2D eigenvalue weighted by atomic mass is 16.2. The van der Waals surface area contributed by atoms with E-state index in [-0.39, 0.29) is 12.3 Å². The van der Waals surface area contributed by atoms with Crippen molar-refractivity contribution < 1.29 is 14.4 Å². The molecule has 6 nitrogen and oxygen atoms in total. The number of anilines is 1. The fraction of sp³-hybridized carbons (Fsp3) is 0.250. The summed E-state index contributed by atoms with van der Waals surface area (Å²) < 4.78 is 0. The Bertz CT molecular complexity index is 539. The third kappa shape index (κ3) is 2.32. The van der Waals surface area contributed by atoms with Crippen molar-refractivity contribution in [2.24, 2.45) is 0 Å². The van der Waals surface area contributed by atoms with Gasteiger partial charge >= 0.3 is 0 Å². The number of nitrogens with one attached hydrogen (secondary N) is 2. The van der Waals surface area contributed by atoms with Crippen molar-refractivity contribution in [3.05, 3.63) is 29.3 Å². The summed E-state index contributed by atoms with van der Waals surface area (Å²) in [6.07, 6.45) is -0.0153. The first-order valence-electron chi connectivity index (χ1n) is 5.48. The predicted octanol–water partition coefficient (Wildman–Crippen LogP) is -0.278. The van der Waals surface area contributed by atoms with Gasteiger partial charge in [0.1, 0.15) is 6.04 Å². The Balaban J connectivity index is 2.10. The molecule has 1 fully saturated rings. The van der Waals surface area contributed by atoms with Crippen LogP contribution in [0.2, 0.25) is 0 Å². The maximum atomic E-state index is 11.9. The fourth-order valence-electron chi connectivity index (χ4n) is 1.73. The van der Waals surface area contributed by atoms with Gasteiger partial charge in [-0.2, -0.15) is 0 Å². The van der Waals surface area contributed by atoms with E-state index >= 15 is 0 Å². The number of hydrogen-bond acceptors (Lipinski definition) is 4. The second-order valence-corrected chi connectivity index (χ2v) is 4.21. The number of nitrogen functional groups attached to an aromatic ring is 1. The first-order chi connectivity index (χ1) is 8.47. The van der Waals surface area contributed by atoms with Crippen molar-refractivity contribution in [3.8, 4) is 0 Å². The number of aryl methyl sites for hydroxylation is 1. The Morgan fingerprint density at radius 1 is 1.44 bits per heavy atom. The molecule has 0 aliphatic carbocycles. The number of amides is 3. The summed E-state index contributed by atoms with van der Waals surface area (Å²) in [7, 11) is 0. The predicted molar refractivity (Wildman–Crippen MR) is 64.6 cm³/mol. The first kappa shape index (κ1) is 12.1.